The fourth-order valence-electron chi connectivity index (χ4n) is 2.82. The van der Waals surface area contributed by atoms with Crippen LogP contribution in [0.25, 0.3) is 0 Å². The van der Waals surface area contributed by atoms with Crippen LogP contribution in [0, 0.1) is 0 Å². The van der Waals surface area contributed by atoms with Gasteiger partial charge in [-0.1, -0.05) is 24.3 Å². The lowest BCUT2D eigenvalue weighted by Gasteiger charge is -2.16. The quantitative estimate of drug-likeness (QED) is 0.407. The number of nitrogens with one attached hydrogen (secondary N) is 2. The van der Waals surface area contributed by atoms with Crippen molar-refractivity contribution in [3.8, 4) is 0 Å². The second-order valence-electron chi connectivity index (χ2n) is 6.06. The van der Waals surface area contributed by atoms with Crippen molar-refractivity contribution < 1.29 is 9.53 Å². The van der Waals surface area contributed by atoms with Gasteiger partial charge in [0.05, 0.1) is 13.2 Å². The highest BCUT2D eigenvalue weighted by Crippen LogP contribution is 2.15. The maximum atomic E-state index is 11.8. The van der Waals surface area contributed by atoms with Gasteiger partial charge in [-0.05, 0) is 31.4 Å². The highest BCUT2D eigenvalue weighted by Gasteiger charge is 2.19. The lowest BCUT2D eigenvalue weighted by atomic mass is 10.1. The summed E-state index contributed by atoms with van der Waals surface area (Å²) in [5, 5.41) is 6.51. The van der Waals surface area contributed by atoms with Gasteiger partial charge in [-0.2, -0.15) is 0 Å². The molecule has 1 fully saturated rings. The molecule has 0 spiro atoms. The largest absolute Gasteiger partial charge is 0.380 e. The number of aliphatic imine (C=N–C) groups is 1. The van der Waals surface area contributed by atoms with Crippen molar-refractivity contribution in [1.82, 2.24) is 15.5 Å². The zero-order valence-electron chi connectivity index (χ0n) is 15.4. The molecule has 138 valence electrons. The number of carbonyl (C=O) groups excluding carboxylic acids is 1. The summed E-state index contributed by atoms with van der Waals surface area (Å²) in [7, 11) is 0. The zero-order valence-corrected chi connectivity index (χ0v) is 15.4. The lowest BCUT2D eigenvalue weighted by molar-refractivity contribution is -0.128. The number of ether oxygens (including phenoxy) is 1. The molecule has 2 N–H and O–H groups in total. The first kappa shape index (κ1) is 19.2. The molecule has 1 saturated heterocycles. The second kappa shape index (κ2) is 10.7. The summed E-state index contributed by atoms with van der Waals surface area (Å²) < 4.78 is 5.34. The molecule has 1 aliphatic heterocycles. The smallest absolute Gasteiger partial charge is 0.222 e. The normalized spacial score (nSPS) is 14.9. The minimum absolute atomic E-state index is 0.261. The molecule has 6 nitrogen and oxygen atoms in total. The first-order valence-corrected chi connectivity index (χ1v) is 9.18. The van der Waals surface area contributed by atoms with Crippen molar-refractivity contribution in [1.29, 1.82) is 0 Å². The predicted molar refractivity (Wildman–Crippen MR) is 100 cm³/mol. The Bertz CT molecular complexity index is 574. The van der Waals surface area contributed by atoms with Crippen LogP contribution in [0.4, 0.5) is 0 Å². The topological polar surface area (TPSA) is 66.0 Å². The Morgan fingerprint density at radius 3 is 2.84 bits per heavy atom. The summed E-state index contributed by atoms with van der Waals surface area (Å²) >= 11 is 0. The van der Waals surface area contributed by atoms with E-state index in [1.54, 1.807) is 0 Å². The fraction of sp³-hybridized carbons (Fsp3) is 0.579. The van der Waals surface area contributed by atoms with Crippen LogP contribution in [0.15, 0.2) is 29.3 Å². The van der Waals surface area contributed by atoms with E-state index in [-0.39, 0.29) is 5.91 Å². The number of hydrogen-bond acceptors (Lipinski definition) is 3. The molecule has 0 unspecified atom stereocenters. The average Bonchev–Trinajstić information content (AvgIpc) is 3.01. The third-order valence-electron chi connectivity index (χ3n) is 4.04. The fourth-order valence-corrected chi connectivity index (χ4v) is 2.82. The Kier molecular flexibility index (Phi) is 8.25. The summed E-state index contributed by atoms with van der Waals surface area (Å²) in [5.41, 5.74) is 2.31. The molecule has 0 radical (unpaired) electrons. The predicted octanol–water partition coefficient (Wildman–Crippen LogP) is 1.90. The van der Waals surface area contributed by atoms with Crippen LogP contribution in [0.5, 0.6) is 0 Å². The summed E-state index contributed by atoms with van der Waals surface area (Å²) in [6, 6.07) is 8.32. The SMILES string of the molecule is CCNC(=NCc1cccc(CN2CCCC2=O)c1)NCCOCC. The minimum Gasteiger partial charge on any atom is -0.380 e. The number of benzene rings is 1. The van der Waals surface area contributed by atoms with E-state index < -0.39 is 0 Å². The molecule has 0 saturated carbocycles. The molecule has 0 aromatic heterocycles. The average molecular weight is 346 g/mol. The van der Waals surface area contributed by atoms with Crippen molar-refractivity contribution in [2.75, 3.05) is 32.8 Å². The Morgan fingerprint density at radius 2 is 2.12 bits per heavy atom. The van der Waals surface area contributed by atoms with E-state index in [0.29, 0.717) is 26.1 Å². The summed E-state index contributed by atoms with van der Waals surface area (Å²) in [6.07, 6.45) is 1.66. The van der Waals surface area contributed by atoms with Gasteiger partial charge in [-0.15, -0.1) is 0 Å². The van der Waals surface area contributed by atoms with Crippen LogP contribution in [0.1, 0.15) is 37.8 Å². The van der Waals surface area contributed by atoms with Crippen LogP contribution in [0.2, 0.25) is 0 Å². The summed E-state index contributed by atoms with van der Waals surface area (Å²) in [5.74, 6) is 1.05. The molecule has 2 rings (SSSR count). The van der Waals surface area contributed by atoms with Gasteiger partial charge < -0.3 is 20.3 Å². The standard InChI is InChI=1S/C19H30N4O2/c1-3-20-19(21-10-12-25-4-2)22-14-16-7-5-8-17(13-16)15-23-11-6-9-18(23)24/h5,7-8,13H,3-4,6,9-12,14-15H2,1-2H3,(H2,20,21,22). The maximum absolute atomic E-state index is 11.8. The Labute approximate surface area is 150 Å². The second-order valence-corrected chi connectivity index (χ2v) is 6.06. The van der Waals surface area contributed by atoms with Gasteiger partial charge >= 0.3 is 0 Å². The van der Waals surface area contributed by atoms with E-state index in [1.807, 2.05) is 24.8 Å². The van der Waals surface area contributed by atoms with E-state index in [1.165, 1.54) is 0 Å². The molecule has 0 bridgehead atoms. The van der Waals surface area contributed by atoms with Crippen molar-refractivity contribution in [2.24, 2.45) is 4.99 Å². The molecule has 1 amide bonds. The molecular formula is C19H30N4O2. The molecule has 1 heterocycles. The Hall–Kier alpha value is -2.08. The van der Waals surface area contributed by atoms with Gasteiger partial charge in [0.2, 0.25) is 5.91 Å². The number of carbonyl (C=O) groups is 1. The van der Waals surface area contributed by atoms with Crippen LogP contribution < -0.4 is 10.6 Å². The Balaban J connectivity index is 1.90. The number of amides is 1. The van der Waals surface area contributed by atoms with Gasteiger partial charge in [0, 0.05) is 39.2 Å². The molecule has 6 heteroatoms. The lowest BCUT2D eigenvalue weighted by Crippen LogP contribution is -2.39. The van der Waals surface area contributed by atoms with Crippen LogP contribution >= 0.6 is 0 Å². The highest BCUT2D eigenvalue weighted by molar-refractivity contribution is 5.79. The van der Waals surface area contributed by atoms with Crippen molar-refractivity contribution >= 4 is 11.9 Å². The van der Waals surface area contributed by atoms with Crippen molar-refractivity contribution in [2.45, 2.75) is 39.8 Å². The van der Waals surface area contributed by atoms with Gasteiger partial charge in [-0.3, -0.25) is 4.79 Å². The minimum atomic E-state index is 0.261. The van der Waals surface area contributed by atoms with Gasteiger partial charge in [0.15, 0.2) is 5.96 Å². The van der Waals surface area contributed by atoms with Crippen LogP contribution in [0.3, 0.4) is 0 Å². The van der Waals surface area contributed by atoms with Gasteiger partial charge in [0.25, 0.3) is 0 Å². The van der Waals surface area contributed by atoms with Gasteiger partial charge in [0.1, 0.15) is 0 Å². The van der Waals surface area contributed by atoms with E-state index in [0.717, 1.165) is 49.7 Å². The number of rotatable bonds is 9. The number of guanidine groups is 1. The molecule has 25 heavy (non-hydrogen) atoms. The third-order valence-corrected chi connectivity index (χ3v) is 4.04. The molecule has 0 atom stereocenters. The number of likely N-dealkylation sites (tertiary alicyclic amines) is 1. The van der Waals surface area contributed by atoms with E-state index >= 15 is 0 Å². The van der Waals surface area contributed by atoms with Crippen LogP contribution in [-0.2, 0) is 22.6 Å². The van der Waals surface area contributed by atoms with Crippen molar-refractivity contribution in [3.63, 3.8) is 0 Å². The van der Waals surface area contributed by atoms with E-state index in [9.17, 15) is 4.79 Å². The molecule has 1 aliphatic rings. The van der Waals surface area contributed by atoms with Crippen LogP contribution in [-0.4, -0.2) is 49.6 Å². The summed E-state index contributed by atoms with van der Waals surface area (Å²) in [4.78, 5) is 18.3. The Morgan fingerprint density at radius 1 is 1.28 bits per heavy atom. The van der Waals surface area contributed by atoms with E-state index in [2.05, 4.69) is 33.8 Å². The third kappa shape index (κ3) is 6.74. The number of hydrogen-bond donors (Lipinski definition) is 2. The zero-order chi connectivity index (χ0) is 17.9. The monoisotopic (exact) mass is 346 g/mol. The van der Waals surface area contributed by atoms with E-state index in [4.69, 9.17) is 4.74 Å². The number of nitrogens with zero attached hydrogens (tertiary/aromatic N) is 2. The maximum Gasteiger partial charge on any atom is 0.222 e. The highest BCUT2D eigenvalue weighted by atomic mass is 16.5. The van der Waals surface area contributed by atoms with Crippen molar-refractivity contribution in [3.05, 3.63) is 35.4 Å². The molecule has 1 aromatic carbocycles. The summed E-state index contributed by atoms with van der Waals surface area (Å²) in [6.45, 7) is 9.15. The molecular weight excluding hydrogens is 316 g/mol. The molecule has 0 aliphatic carbocycles. The molecule has 1 aromatic rings. The first-order valence-electron chi connectivity index (χ1n) is 9.18. The van der Waals surface area contributed by atoms with Gasteiger partial charge in [-0.25, -0.2) is 4.99 Å². The first-order chi connectivity index (χ1) is 12.2.